The van der Waals surface area contributed by atoms with Crippen LogP contribution in [0.4, 0.5) is 23.7 Å². The van der Waals surface area contributed by atoms with Crippen molar-refractivity contribution < 1.29 is 32.6 Å². The van der Waals surface area contributed by atoms with Crippen molar-refractivity contribution in [2.45, 2.75) is 38.5 Å². The molecule has 2 aliphatic heterocycles. The number of hydrogen-bond donors (Lipinski definition) is 4. The lowest BCUT2D eigenvalue weighted by molar-refractivity contribution is -0.138. The van der Waals surface area contributed by atoms with Crippen molar-refractivity contribution in [2.24, 2.45) is 0 Å². The number of aromatic nitrogens is 3. The fourth-order valence-corrected chi connectivity index (χ4v) is 6.26. The molecule has 0 radical (unpaired) electrons. The topological polar surface area (TPSA) is 139 Å². The Bertz CT molecular complexity index is 1820. The summed E-state index contributed by atoms with van der Waals surface area (Å²) in [7, 11) is 1.99. The third kappa shape index (κ3) is 7.79. The third-order valence-corrected chi connectivity index (χ3v) is 8.96. The Morgan fingerprint density at radius 3 is 2.63 bits per heavy atom. The van der Waals surface area contributed by atoms with Crippen LogP contribution in [0.15, 0.2) is 48.8 Å². The summed E-state index contributed by atoms with van der Waals surface area (Å²) < 4.78 is 48.7. The molecule has 5 heterocycles. The summed E-state index contributed by atoms with van der Waals surface area (Å²) in [6, 6.07) is 8.56. The molecule has 0 bridgehead atoms. The van der Waals surface area contributed by atoms with Crippen LogP contribution in [0.5, 0.6) is 11.5 Å². The number of alkyl halides is 3. The zero-order valence-electron chi connectivity index (χ0n) is 27.3. The van der Waals surface area contributed by atoms with Crippen LogP contribution in [-0.4, -0.2) is 99.6 Å². The summed E-state index contributed by atoms with van der Waals surface area (Å²) in [6.07, 6.45) is -0.736. The number of amides is 3. The van der Waals surface area contributed by atoms with Crippen LogP contribution in [0.2, 0.25) is 0 Å². The molecule has 1 atom stereocenters. The van der Waals surface area contributed by atoms with E-state index < -0.39 is 23.7 Å². The lowest BCUT2D eigenvalue weighted by Crippen LogP contribution is -2.44. The first-order valence-electron chi connectivity index (χ1n) is 16.2. The number of likely N-dealkylation sites (N-methyl/N-ethyl adjacent to an activating group) is 1. The Labute approximate surface area is 281 Å². The van der Waals surface area contributed by atoms with Gasteiger partial charge in [-0.05, 0) is 54.9 Å². The number of urea groups is 1. The molecule has 0 spiro atoms. The van der Waals surface area contributed by atoms with Gasteiger partial charge >= 0.3 is 12.2 Å². The largest absolute Gasteiger partial charge is 0.455 e. The number of carbonyl (C=O) groups excluding carboxylic acids is 2. The van der Waals surface area contributed by atoms with Gasteiger partial charge in [-0.1, -0.05) is 13.0 Å². The molecule has 0 unspecified atom stereocenters. The Balaban J connectivity index is 1.18. The van der Waals surface area contributed by atoms with Gasteiger partial charge in [-0.2, -0.15) is 13.2 Å². The number of H-pyrrole nitrogens is 1. The summed E-state index contributed by atoms with van der Waals surface area (Å²) in [5, 5.41) is 14.9. The molecule has 6 rings (SSSR count). The second kappa shape index (κ2) is 14.4. The molecule has 1 saturated heterocycles. The van der Waals surface area contributed by atoms with E-state index in [1.807, 2.05) is 18.9 Å². The molecule has 0 saturated carbocycles. The molecule has 3 aromatic heterocycles. The van der Waals surface area contributed by atoms with Crippen LogP contribution >= 0.6 is 0 Å². The normalized spacial score (nSPS) is 17.2. The maximum Gasteiger partial charge on any atom is 0.416 e. The van der Waals surface area contributed by atoms with Crippen molar-refractivity contribution in [1.82, 2.24) is 35.0 Å². The van der Waals surface area contributed by atoms with E-state index in [9.17, 15) is 22.8 Å². The number of ether oxygens (including phenoxy) is 1. The number of benzene rings is 1. The van der Waals surface area contributed by atoms with Crippen molar-refractivity contribution in [2.75, 3.05) is 58.2 Å². The SMILES string of the molecule is CC[C@H]1CN(C(=O)Nc2ccc(CN3CCN(C)CC3)c(C(F)(F)F)c2)Cc2cc(Oc3ccnc4[nH]c(C(=O)NCCO)cc34)cnc21. The number of aromatic amines is 1. The van der Waals surface area contributed by atoms with E-state index in [1.54, 1.807) is 29.3 Å². The molecule has 15 heteroatoms. The maximum atomic E-state index is 14.2. The van der Waals surface area contributed by atoms with Gasteiger partial charge in [0.15, 0.2) is 0 Å². The Morgan fingerprint density at radius 2 is 1.90 bits per heavy atom. The fraction of sp³-hybridized carbons (Fsp3) is 0.412. The van der Waals surface area contributed by atoms with Crippen LogP contribution in [0, 0.1) is 0 Å². The molecule has 260 valence electrons. The molecule has 12 nitrogen and oxygen atoms in total. The van der Waals surface area contributed by atoms with Crippen molar-refractivity contribution in [1.29, 1.82) is 0 Å². The van der Waals surface area contributed by atoms with E-state index in [1.165, 1.54) is 18.3 Å². The number of fused-ring (bicyclic) bond motifs is 2. The van der Waals surface area contributed by atoms with Crippen LogP contribution in [0.3, 0.4) is 0 Å². The van der Waals surface area contributed by atoms with Crippen LogP contribution in [0.1, 0.15) is 52.1 Å². The number of hydrogen-bond acceptors (Lipinski definition) is 8. The Morgan fingerprint density at radius 1 is 1.10 bits per heavy atom. The number of aliphatic hydroxyl groups excluding tert-OH is 1. The molecule has 1 aromatic carbocycles. The molecular formula is C34H39F3N8O4. The minimum absolute atomic E-state index is 0.0751. The molecule has 2 aliphatic rings. The molecule has 4 N–H and O–H groups in total. The number of nitrogens with one attached hydrogen (secondary N) is 3. The first kappa shape index (κ1) is 34.1. The van der Waals surface area contributed by atoms with Gasteiger partial charge in [0.25, 0.3) is 5.91 Å². The number of anilines is 1. The maximum absolute atomic E-state index is 14.2. The van der Waals surface area contributed by atoms with Gasteiger partial charge in [0.05, 0.1) is 29.4 Å². The summed E-state index contributed by atoms with van der Waals surface area (Å²) in [4.78, 5) is 43.5. The first-order chi connectivity index (χ1) is 23.5. The van der Waals surface area contributed by atoms with Crippen LogP contribution in [0.25, 0.3) is 11.0 Å². The smallest absolute Gasteiger partial charge is 0.416 e. The zero-order valence-corrected chi connectivity index (χ0v) is 27.3. The molecule has 49 heavy (non-hydrogen) atoms. The van der Waals surface area contributed by atoms with E-state index in [0.29, 0.717) is 48.6 Å². The van der Waals surface area contributed by atoms with E-state index in [0.717, 1.165) is 30.4 Å². The summed E-state index contributed by atoms with van der Waals surface area (Å²) in [6.45, 7) is 5.60. The fourth-order valence-electron chi connectivity index (χ4n) is 6.26. The number of halogens is 3. The van der Waals surface area contributed by atoms with Gasteiger partial charge in [-0.25, -0.2) is 9.78 Å². The second-order valence-electron chi connectivity index (χ2n) is 12.4. The summed E-state index contributed by atoms with van der Waals surface area (Å²) in [5.41, 5.74) is 1.78. The highest BCUT2D eigenvalue weighted by atomic mass is 19.4. The number of aliphatic hydroxyl groups is 1. The summed E-state index contributed by atoms with van der Waals surface area (Å²) in [5.74, 6) is 0.353. The van der Waals surface area contributed by atoms with Crippen LogP contribution < -0.4 is 15.4 Å². The van der Waals surface area contributed by atoms with E-state index in [4.69, 9.17) is 9.84 Å². The number of piperazine rings is 1. The van der Waals surface area contributed by atoms with Gasteiger partial charge in [-0.15, -0.1) is 0 Å². The van der Waals surface area contributed by atoms with Crippen molar-refractivity contribution in [3.05, 3.63) is 76.9 Å². The van der Waals surface area contributed by atoms with Crippen molar-refractivity contribution >= 4 is 28.7 Å². The van der Waals surface area contributed by atoms with E-state index >= 15 is 0 Å². The van der Waals surface area contributed by atoms with Gasteiger partial charge in [0.1, 0.15) is 22.8 Å². The first-order valence-corrected chi connectivity index (χ1v) is 16.2. The highest BCUT2D eigenvalue weighted by Crippen LogP contribution is 2.37. The lowest BCUT2D eigenvalue weighted by atomic mass is 9.92. The number of rotatable bonds is 9. The number of nitrogens with zero attached hydrogens (tertiary/aromatic N) is 5. The quantitative estimate of drug-likeness (QED) is 0.198. The van der Waals surface area contributed by atoms with E-state index in [2.05, 4.69) is 30.5 Å². The Hall–Kier alpha value is -4.73. The minimum atomic E-state index is -4.57. The molecule has 3 amide bonds. The van der Waals surface area contributed by atoms with Gasteiger partial charge in [0.2, 0.25) is 0 Å². The second-order valence-corrected chi connectivity index (χ2v) is 12.4. The highest BCUT2D eigenvalue weighted by molar-refractivity contribution is 5.98. The molecule has 0 aliphatic carbocycles. The van der Waals surface area contributed by atoms with Crippen molar-refractivity contribution in [3.63, 3.8) is 0 Å². The van der Waals surface area contributed by atoms with Gasteiger partial charge in [0, 0.05) is 70.2 Å². The zero-order chi connectivity index (χ0) is 34.7. The minimum Gasteiger partial charge on any atom is -0.455 e. The monoisotopic (exact) mass is 680 g/mol. The standard InChI is InChI=1S/C34H39F3N8O4/c1-3-21-19-45(33(48)41-24-5-4-22(27(15-24)34(35,36)37)18-44-11-9-43(2)10-12-44)20-23-14-25(17-40-30(21)23)49-29-6-7-38-31-26(29)16-28(42-31)32(47)39-8-13-46/h4-7,14-17,21,46H,3,8-13,18-20H2,1-2H3,(H,38,42)(H,39,47)(H,41,48)/t21-/m0/s1. The molecule has 1 fully saturated rings. The summed E-state index contributed by atoms with van der Waals surface area (Å²) >= 11 is 0. The predicted octanol–water partition coefficient (Wildman–Crippen LogP) is 4.78. The molecular weight excluding hydrogens is 641 g/mol. The highest BCUT2D eigenvalue weighted by Gasteiger charge is 2.35. The number of carbonyl (C=O) groups is 2. The van der Waals surface area contributed by atoms with Crippen LogP contribution in [-0.2, 0) is 19.3 Å². The molecule has 4 aromatic rings. The number of pyridine rings is 2. The van der Waals surface area contributed by atoms with Gasteiger partial charge < -0.3 is 35.3 Å². The lowest BCUT2D eigenvalue weighted by Gasteiger charge is -2.34. The Kier molecular flexibility index (Phi) is 10.0. The van der Waals surface area contributed by atoms with Gasteiger partial charge in [-0.3, -0.25) is 14.7 Å². The van der Waals surface area contributed by atoms with E-state index in [-0.39, 0.29) is 49.1 Å². The third-order valence-electron chi connectivity index (χ3n) is 8.96. The average Bonchev–Trinajstić information content (AvgIpc) is 3.53. The predicted molar refractivity (Wildman–Crippen MR) is 177 cm³/mol. The average molecular weight is 681 g/mol. The van der Waals surface area contributed by atoms with Crippen molar-refractivity contribution in [3.8, 4) is 11.5 Å².